The Morgan fingerprint density at radius 2 is 0.562 bits per heavy atom. The summed E-state index contributed by atoms with van der Waals surface area (Å²) in [7, 11) is 0. The van der Waals surface area contributed by atoms with Crippen molar-refractivity contribution < 1.29 is 28.6 Å². The van der Waals surface area contributed by atoms with Crippen molar-refractivity contribution in [3.05, 3.63) is 122 Å². The van der Waals surface area contributed by atoms with E-state index in [1.54, 1.807) is 0 Å². The second-order valence-corrected chi connectivity index (χ2v) is 19.5. The molecule has 1 atom stereocenters. The monoisotopic (exact) mass is 1010 g/mol. The molecule has 0 bridgehead atoms. The van der Waals surface area contributed by atoms with Crippen molar-refractivity contribution in [1.29, 1.82) is 0 Å². The average molecular weight is 1010 g/mol. The fourth-order valence-corrected chi connectivity index (χ4v) is 7.94. The highest BCUT2D eigenvalue weighted by Gasteiger charge is 2.19. The van der Waals surface area contributed by atoms with Crippen LogP contribution in [0.25, 0.3) is 0 Å². The summed E-state index contributed by atoms with van der Waals surface area (Å²) in [6.45, 7) is 6.41. The zero-order valence-corrected chi connectivity index (χ0v) is 47.4. The van der Waals surface area contributed by atoms with Crippen molar-refractivity contribution in [2.24, 2.45) is 0 Å². The van der Waals surface area contributed by atoms with Crippen molar-refractivity contribution in [2.45, 2.75) is 271 Å². The van der Waals surface area contributed by atoms with Crippen LogP contribution in [0.5, 0.6) is 0 Å². The van der Waals surface area contributed by atoms with Gasteiger partial charge in [0.15, 0.2) is 6.10 Å². The van der Waals surface area contributed by atoms with Gasteiger partial charge in [-0.25, -0.2) is 0 Å². The van der Waals surface area contributed by atoms with Gasteiger partial charge < -0.3 is 14.2 Å². The third-order valence-corrected chi connectivity index (χ3v) is 12.4. The van der Waals surface area contributed by atoms with Gasteiger partial charge in [-0.15, -0.1) is 0 Å². The summed E-state index contributed by atoms with van der Waals surface area (Å²) >= 11 is 0. The smallest absolute Gasteiger partial charge is 0.306 e. The SMILES string of the molecule is CC/C=C\C/C=C\C/C=C\C/C=C\C/C=C\C/C=C\CCC(=O)OC[C@@H](COC(=O)CCCCCCCCC/C=C\C/C=C\CCCCC)OC(=O)CCCCCCCCCCC/C=C\C/C=C\CCCCC. The zero-order valence-electron chi connectivity index (χ0n) is 47.4. The number of ether oxygens (including phenoxy) is 3. The summed E-state index contributed by atoms with van der Waals surface area (Å²) in [5, 5.41) is 0. The Labute approximate surface area is 450 Å². The van der Waals surface area contributed by atoms with Crippen molar-refractivity contribution in [1.82, 2.24) is 0 Å². The van der Waals surface area contributed by atoms with E-state index in [1.165, 1.54) is 122 Å². The summed E-state index contributed by atoms with van der Waals surface area (Å²) in [6.07, 6.45) is 83.4. The Morgan fingerprint density at radius 1 is 0.288 bits per heavy atom. The fraction of sp³-hybridized carbons (Fsp3) is 0.657. The predicted octanol–water partition coefficient (Wildman–Crippen LogP) is 20.4. The maximum Gasteiger partial charge on any atom is 0.306 e. The lowest BCUT2D eigenvalue weighted by atomic mass is 10.1. The summed E-state index contributed by atoms with van der Waals surface area (Å²) in [4.78, 5) is 38.2. The molecule has 0 aromatic heterocycles. The van der Waals surface area contributed by atoms with Gasteiger partial charge >= 0.3 is 17.9 Å². The van der Waals surface area contributed by atoms with Crippen molar-refractivity contribution in [3.8, 4) is 0 Å². The fourth-order valence-electron chi connectivity index (χ4n) is 7.94. The number of carbonyl (C=O) groups is 3. The molecule has 0 radical (unpaired) electrons. The molecule has 0 N–H and O–H groups in total. The summed E-state index contributed by atoms with van der Waals surface area (Å²) < 4.78 is 16.8. The van der Waals surface area contributed by atoms with E-state index in [4.69, 9.17) is 14.2 Å². The molecule has 0 aromatic carbocycles. The van der Waals surface area contributed by atoms with Crippen LogP contribution >= 0.6 is 0 Å². The van der Waals surface area contributed by atoms with Gasteiger partial charge in [-0.3, -0.25) is 14.4 Å². The molecule has 6 heteroatoms. The predicted molar refractivity (Wildman–Crippen MR) is 316 cm³/mol. The molecule has 0 saturated heterocycles. The summed E-state index contributed by atoms with van der Waals surface area (Å²) in [6, 6.07) is 0. The quantitative estimate of drug-likeness (QED) is 0.0261. The molecule has 0 spiro atoms. The average Bonchev–Trinajstić information content (AvgIpc) is 3.39. The molecule has 0 aliphatic heterocycles. The third kappa shape index (κ3) is 58.6. The normalized spacial score (nSPS) is 13.0. The van der Waals surface area contributed by atoms with Crippen LogP contribution in [0.2, 0.25) is 0 Å². The lowest BCUT2D eigenvalue weighted by molar-refractivity contribution is -0.166. The third-order valence-electron chi connectivity index (χ3n) is 12.4. The van der Waals surface area contributed by atoms with Gasteiger partial charge in [-0.05, 0) is 122 Å². The number of allylic oxidation sites excluding steroid dienone is 20. The Balaban J connectivity index is 4.53. The molecule has 414 valence electrons. The van der Waals surface area contributed by atoms with Crippen LogP contribution in [0.1, 0.15) is 265 Å². The minimum absolute atomic E-state index is 0.110. The van der Waals surface area contributed by atoms with Gasteiger partial charge in [0.05, 0.1) is 0 Å². The van der Waals surface area contributed by atoms with Crippen LogP contribution in [0, 0.1) is 0 Å². The van der Waals surface area contributed by atoms with Crippen LogP contribution in [0.15, 0.2) is 122 Å². The van der Waals surface area contributed by atoms with Crippen LogP contribution in [0.4, 0.5) is 0 Å². The molecule has 0 aliphatic rings. The maximum atomic E-state index is 12.9. The molecule has 6 nitrogen and oxygen atoms in total. The van der Waals surface area contributed by atoms with Gasteiger partial charge in [0, 0.05) is 19.3 Å². The highest BCUT2D eigenvalue weighted by molar-refractivity contribution is 5.71. The molecule has 73 heavy (non-hydrogen) atoms. The van der Waals surface area contributed by atoms with E-state index in [0.29, 0.717) is 19.3 Å². The van der Waals surface area contributed by atoms with Crippen molar-refractivity contribution in [3.63, 3.8) is 0 Å². The van der Waals surface area contributed by atoms with Gasteiger partial charge in [0.25, 0.3) is 0 Å². The lowest BCUT2D eigenvalue weighted by Gasteiger charge is -2.18. The standard InChI is InChI=1S/C67H110O6/c1-4-7-10-13-16-19-22-25-28-31-33-36-39-42-45-48-51-54-57-60-66(69)72-63-64(62-71-65(68)59-56-53-50-47-44-41-38-35-30-27-24-21-18-15-12-9-6-3)73-67(70)61-58-55-52-49-46-43-40-37-34-32-29-26-23-20-17-14-11-8-5-2/h7,10,16-21,25-30,33,36,42,45,51,54,64H,4-6,8-9,11-15,22-24,31-32,34-35,37-41,43-44,46-50,52-53,55-63H2,1-3H3/b10-7-,19-16-,20-17-,21-18-,28-25-,29-26-,30-27-,36-33-,45-42-,54-51-/t64-/m1/s1. The molecule has 0 amide bonds. The first-order valence-corrected chi connectivity index (χ1v) is 30.0. The van der Waals surface area contributed by atoms with Gasteiger partial charge in [-0.1, -0.05) is 245 Å². The summed E-state index contributed by atoms with van der Waals surface area (Å²) in [5.74, 6) is -1.01. The topological polar surface area (TPSA) is 78.9 Å². The van der Waals surface area contributed by atoms with Crippen molar-refractivity contribution in [2.75, 3.05) is 13.2 Å². The van der Waals surface area contributed by atoms with E-state index < -0.39 is 6.10 Å². The van der Waals surface area contributed by atoms with E-state index in [9.17, 15) is 14.4 Å². The van der Waals surface area contributed by atoms with Gasteiger partial charge in [0.2, 0.25) is 0 Å². The Morgan fingerprint density at radius 3 is 0.918 bits per heavy atom. The molecular formula is C67H110O6. The largest absolute Gasteiger partial charge is 0.462 e. The molecular weight excluding hydrogens is 901 g/mol. The molecule has 0 aromatic rings. The molecule has 0 saturated carbocycles. The second kappa shape index (κ2) is 60.4. The molecule has 0 heterocycles. The minimum Gasteiger partial charge on any atom is -0.462 e. The minimum atomic E-state index is -0.819. The van der Waals surface area contributed by atoms with E-state index in [0.717, 1.165) is 96.3 Å². The molecule has 0 fully saturated rings. The number of carbonyl (C=O) groups excluding carboxylic acids is 3. The van der Waals surface area contributed by atoms with Crippen LogP contribution in [-0.4, -0.2) is 37.2 Å². The number of unbranched alkanes of at least 4 members (excludes halogenated alkanes) is 22. The first-order chi connectivity index (χ1) is 36.0. The number of rotatable bonds is 53. The molecule has 0 aliphatic carbocycles. The first kappa shape index (κ1) is 68.8. The van der Waals surface area contributed by atoms with Gasteiger partial charge in [-0.2, -0.15) is 0 Å². The van der Waals surface area contributed by atoms with Crippen LogP contribution < -0.4 is 0 Å². The maximum absolute atomic E-state index is 12.9. The van der Waals surface area contributed by atoms with Crippen LogP contribution in [0.3, 0.4) is 0 Å². The lowest BCUT2D eigenvalue weighted by Crippen LogP contribution is -2.30. The van der Waals surface area contributed by atoms with E-state index in [1.807, 2.05) is 6.08 Å². The first-order valence-electron chi connectivity index (χ1n) is 30.0. The molecule has 0 rings (SSSR count). The Bertz CT molecular complexity index is 1540. The Hall–Kier alpha value is -4.19. The summed E-state index contributed by atoms with van der Waals surface area (Å²) in [5.41, 5.74) is 0. The number of esters is 3. The van der Waals surface area contributed by atoms with E-state index in [-0.39, 0.29) is 37.5 Å². The highest BCUT2D eigenvalue weighted by Crippen LogP contribution is 2.14. The van der Waals surface area contributed by atoms with Crippen LogP contribution in [-0.2, 0) is 28.6 Å². The van der Waals surface area contributed by atoms with Crippen molar-refractivity contribution >= 4 is 17.9 Å². The number of hydrogen-bond donors (Lipinski definition) is 0. The van der Waals surface area contributed by atoms with Gasteiger partial charge in [0.1, 0.15) is 13.2 Å². The zero-order chi connectivity index (χ0) is 52.9. The van der Waals surface area contributed by atoms with E-state index in [2.05, 4.69) is 136 Å². The number of hydrogen-bond acceptors (Lipinski definition) is 6. The van der Waals surface area contributed by atoms with E-state index >= 15 is 0 Å². The Kier molecular flexibility index (Phi) is 56.9. The molecule has 0 unspecified atom stereocenters. The highest BCUT2D eigenvalue weighted by atomic mass is 16.6. The second-order valence-electron chi connectivity index (χ2n) is 19.5.